The van der Waals surface area contributed by atoms with E-state index in [0.717, 1.165) is 28.2 Å². The number of benzene rings is 2. The lowest BCUT2D eigenvalue weighted by molar-refractivity contribution is 1.44. The maximum absolute atomic E-state index is 5.85. The van der Waals surface area contributed by atoms with Gasteiger partial charge in [0.05, 0.1) is 5.71 Å². The van der Waals surface area contributed by atoms with Crippen molar-refractivity contribution >= 4 is 22.7 Å². The Bertz CT molecular complexity index is 818. The van der Waals surface area contributed by atoms with Crippen LogP contribution in [-0.2, 0) is 0 Å². The number of nitrogens with one attached hydrogen (secondary N) is 1. The summed E-state index contributed by atoms with van der Waals surface area (Å²) in [6.45, 7) is 0. The molecule has 24 heavy (non-hydrogen) atoms. The molecule has 0 saturated heterocycles. The molecule has 3 heteroatoms. The van der Waals surface area contributed by atoms with Crippen molar-refractivity contribution in [3.05, 3.63) is 89.5 Å². The lowest BCUT2D eigenvalue weighted by Crippen LogP contribution is -1.98. The van der Waals surface area contributed by atoms with Gasteiger partial charge in [-0.15, -0.1) is 0 Å². The standard InChI is InChI=1S/C21H21N3/c1-23-19-11-5-16(6-12-19)21(15-3-9-18(22)10-4-15)17-7-13-20(24-2)14-8-17/h3-14,23H,22H2,1-2H3. The number of rotatable bonds is 3. The van der Waals surface area contributed by atoms with Crippen LogP contribution >= 0.6 is 0 Å². The summed E-state index contributed by atoms with van der Waals surface area (Å²) < 4.78 is 0. The Balaban J connectivity index is 2.14. The highest BCUT2D eigenvalue weighted by atomic mass is 14.8. The van der Waals surface area contributed by atoms with Crippen molar-refractivity contribution in [1.82, 2.24) is 0 Å². The average Bonchev–Trinajstić information content (AvgIpc) is 2.64. The first-order valence-corrected chi connectivity index (χ1v) is 7.92. The molecule has 0 atom stereocenters. The second-order valence-corrected chi connectivity index (χ2v) is 5.59. The van der Waals surface area contributed by atoms with Gasteiger partial charge in [-0.25, -0.2) is 0 Å². The first-order chi connectivity index (χ1) is 11.7. The molecule has 1 aliphatic rings. The van der Waals surface area contributed by atoms with E-state index in [4.69, 9.17) is 5.73 Å². The molecule has 3 N–H and O–H groups in total. The maximum Gasteiger partial charge on any atom is 0.0571 e. The quantitative estimate of drug-likeness (QED) is 0.829. The van der Waals surface area contributed by atoms with Gasteiger partial charge >= 0.3 is 0 Å². The van der Waals surface area contributed by atoms with Crippen LogP contribution in [0.1, 0.15) is 11.1 Å². The first-order valence-electron chi connectivity index (χ1n) is 7.92. The summed E-state index contributed by atoms with van der Waals surface area (Å²) in [5.41, 5.74) is 13.3. The molecule has 3 nitrogen and oxygen atoms in total. The van der Waals surface area contributed by atoms with Crippen molar-refractivity contribution in [3.63, 3.8) is 0 Å². The molecule has 3 rings (SSSR count). The Morgan fingerprint density at radius 1 is 0.833 bits per heavy atom. The zero-order valence-electron chi connectivity index (χ0n) is 14.0. The third-order valence-electron chi connectivity index (χ3n) is 4.08. The summed E-state index contributed by atoms with van der Waals surface area (Å²) in [6, 6.07) is 16.4. The van der Waals surface area contributed by atoms with Crippen LogP contribution in [0.2, 0.25) is 0 Å². The van der Waals surface area contributed by atoms with Crippen molar-refractivity contribution in [2.24, 2.45) is 4.99 Å². The summed E-state index contributed by atoms with van der Waals surface area (Å²) in [4.78, 5) is 4.22. The highest BCUT2D eigenvalue weighted by Gasteiger charge is 2.11. The van der Waals surface area contributed by atoms with Crippen LogP contribution in [0.3, 0.4) is 0 Å². The SMILES string of the molecule is CN=C1C=CC(=C(c2ccc(N)cc2)c2ccc(NC)cc2)C=C1. The van der Waals surface area contributed by atoms with E-state index in [9.17, 15) is 0 Å². The molecule has 0 radical (unpaired) electrons. The molecule has 2 aromatic rings. The minimum absolute atomic E-state index is 0.767. The van der Waals surface area contributed by atoms with Crippen LogP contribution < -0.4 is 11.1 Å². The van der Waals surface area contributed by atoms with E-state index in [2.05, 4.69) is 58.9 Å². The van der Waals surface area contributed by atoms with Gasteiger partial charge in [0.1, 0.15) is 0 Å². The molecule has 0 aliphatic heterocycles. The summed E-state index contributed by atoms with van der Waals surface area (Å²) in [5.74, 6) is 0. The third-order valence-corrected chi connectivity index (χ3v) is 4.08. The molecule has 0 fully saturated rings. The number of aliphatic imine (C=N–C) groups is 1. The molecule has 0 unspecified atom stereocenters. The summed E-state index contributed by atoms with van der Waals surface area (Å²) in [7, 11) is 3.72. The van der Waals surface area contributed by atoms with E-state index in [1.165, 1.54) is 11.1 Å². The molecule has 0 amide bonds. The predicted molar refractivity (Wildman–Crippen MR) is 105 cm³/mol. The lowest BCUT2D eigenvalue weighted by Gasteiger charge is -2.15. The fraction of sp³-hybridized carbons (Fsp3) is 0.0952. The van der Waals surface area contributed by atoms with Crippen LogP contribution in [-0.4, -0.2) is 19.8 Å². The zero-order valence-corrected chi connectivity index (χ0v) is 14.0. The molecule has 0 aromatic heterocycles. The Kier molecular flexibility index (Phi) is 4.62. The van der Waals surface area contributed by atoms with E-state index < -0.39 is 0 Å². The Hall–Kier alpha value is -3.07. The summed E-state index contributed by atoms with van der Waals surface area (Å²) >= 11 is 0. The maximum atomic E-state index is 5.85. The lowest BCUT2D eigenvalue weighted by atomic mass is 9.90. The van der Waals surface area contributed by atoms with Crippen LogP contribution in [0.25, 0.3) is 5.57 Å². The Morgan fingerprint density at radius 3 is 1.88 bits per heavy atom. The monoisotopic (exact) mass is 315 g/mol. The first kappa shape index (κ1) is 15.8. The summed E-state index contributed by atoms with van der Waals surface area (Å²) in [6.07, 6.45) is 8.29. The van der Waals surface area contributed by atoms with Crippen molar-refractivity contribution in [1.29, 1.82) is 0 Å². The molecule has 1 aliphatic carbocycles. The molecule has 0 heterocycles. The van der Waals surface area contributed by atoms with E-state index in [-0.39, 0.29) is 0 Å². The molecular formula is C21H21N3. The molecule has 0 spiro atoms. The Morgan fingerprint density at radius 2 is 1.38 bits per heavy atom. The van der Waals surface area contributed by atoms with Gasteiger partial charge in [-0.1, -0.05) is 36.4 Å². The van der Waals surface area contributed by atoms with Crippen LogP contribution in [0.15, 0.2) is 83.4 Å². The van der Waals surface area contributed by atoms with E-state index in [1.54, 1.807) is 7.05 Å². The number of hydrogen-bond donors (Lipinski definition) is 2. The summed E-state index contributed by atoms with van der Waals surface area (Å²) in [5, 5.41) is 3.16. The molecular weight excluding hydrogens is 294 g/mol. The fourth-order valence-corrected chi connectivity index (χ4v) is 2.73. The molecule has 0 bridgehead atoms. The van der Waals surface area contributed by atoms with E-state index >= 15 is 0 Å². The van der Waals surface area contributed by atoms with Crippen molar-refractivity contribution in [2.45, 2.75) is 0 Å². The minimum atomic E-state index is 0.767. The van der Waals surface area contributed by atoms with Gasteiger partial charge in [-0.2, -0.15) is 0 Å². The van der Waals surface area contributed by atoms with E-state index in [1.807, 2.05) is 31.3 Å². The number of nitrogen functional groups attached to an aromatic ring is 1. The number of hydrogen-bond acceptors (Lipinski definition) is 3. The molecule has 120 valence electrons. The number of nitrogens with zero attached hydrogens (tertiary/aromatic N) is 1. The smallest absolute Gasteiger partial charge is 0.0571 e. The Labute approximate surface area is 142 Å². The minimum Gasteiger partial charge on any atom is -0.399 e. The number of anilines is 2. The van der Waals surface area contributed by atoms with Crippen LogP contribution in [0.5, 0.6) is 0 Å². The average molecular weight is 315 g/mol. The van der Waals surface area contributed by atoms with Crippen LogP contribution in [0, 0.1) is 0 Å². The fourth-order valence-electron chi connectivity index (χ4n) is 2.73. The van der Waals surface area contributed by atoms with Gasteiger partial charge in [0.2, 0.25) is 0 Å². The predicted octanol–water partition coefficient (Wildman–Crippen LogP) is 4.31. The zero-order chi connectivity index (χ0) is 16.9. The van der Waals surface area contributed by atoms with Gasteiger partial charge in [0.15, 0.2) is 0 Å². The highest BCUT2D eigenvalue weighted by Crippen LogP contribution is 2.30. The number of allylic oxidation sites excluding steroid dienone is 5. The van der Waals surface area contributed by atoms with Crippen LogP contribution in [0.4, 0.5) is 11.4 Å². The second kappa shape index (κ2) is 7.01. The molecule has 2 aromatic carbocycles. The van der Waals surface area contributed by atoms with Gasteiger partial charge in [0, 0.05) is 25.5 Å². The van der Waals surface area contributed by atoms with Gasteiger partial charge in [-0.3, -0.25) is 4.99 Å². The van der Waals surface area contributed by atoms with Crippen molar-refractivity contribution < 1.29 is 0 Å². The topological polar surface area (TPSA) is 50.4 Å². The van der Waals surface area contributed by atoms with Gasteiger partial charge < -0.3 is 11.1 Å². The van der Waals surface area contributed by atoms with Gasteiger partial charge in [-0.05, 0) is 58.7 Å². The third kappa shape index (κ3) is 3.30. The highest BCUT2D eigenvalue weighted by molar-refractivity contribution is 6.07. The normalized spacial score (nSPS) is 13.1. The number of nitrogens with two attached hydrogens (primary N) is 1. The molecule has 0 saturated carbocycles. The van der Waals surface area contributed by atoms with Gasteiger partial charge in [0.25, 0.3) is 0 Å². The van der Waals surface area contributed by atoms with E-state index in [0.29, 0.717) is 0 Å². The largest absolute Gasteiger partial charge is 0.399 e. The van der Waals surface area contributed by atoms with Crippen molar-refractivity contribution in [3.8, 4) is 0 Å². The second-order valence-electron chi connectivity index (χ2n) is 5.59. The van der Waals surface area contributed by atoms with Crippen molar-refractivity contribution in [2.75, 3.05) is 25.1 Å².